The van der Waals surface area contributed by atoms with E-state index in [0.29, 0.717) is 11.6 Å². The van der Waals surface area contributed by atoms with Gasteiger partial charge in [-0.3, -0.25) is 9.36 Å². The molecule has 0 bridgehead atoms. The fourth-order valence-corrected chi connectivity index (χ4v) is 1.42. The number of anilines is 2. The molecule has 0 saturated heterocycles. The third kappa shape index (κ3) is 2.11. The Morgan fingerprint density at radius 2 is 1.94 bits per heavy atom. The number of nitrogens with one attached hydrogen (secondary N) is 1. The molecule has 1 aromatic heterocycles. The number of rotatable bonds is 2. The number of aromatic nitrogens is 2. The molecule has 0 amide bonds. The molecule has 0 radical (unpaired) electrons. The van der Waals surface area contributed by atoms with Gasteiger partial charge in [-0.05, 0) is 19.1 Å². The molecule has 4 nitrogen and oxygen atoms in total. The zero-order chi connectivity index (χ0) is 11.5. The van der Waals surface area contributed by atoms with Crippen LogP contribution in [0.5, 0.6) is 0 Å². The van der Waals surface area contributed by atoms with Gasteiger partial charge in [0.1, 0.15) is 0 Å². The molecule has 4 heteroatoms. The molecule has 2 rings (SSSR count). The summed E-state index contributed by atoms with van der Waals surface area (Å²) in [7, 11) is 1.69. The summed E-state index contributed by atoms with van der Waals surface area (Å²) in [6, 6.07) is 11.2. The number of hydrogen-bond donors (Lipinski definition) is 1. The van der Waals surface area contributed by atoms with Gasteiger partial charge in [0.25, 0.3) is 5.56 Å². The highest BCUT2D eigenvalue weighted by atomic mass is 16.1. The van der Waals surface area contributed by atoms with E-state index in [1.54, 1.807) is 14.0 Å². The van der Waals surface area contributed by atoms with Gasteiger partial charge in [-0.2, -0.15) is 0 Å². The van der Waals surface area contributed by atoms with E-state index in [0.717, 1.165) is 5.69 Å². The van der Waals surface area contributed by atoms with Crippen LogP contribution in [0.25, 0.3) is 0 Å². The Morgan fingerprint density at radius 1 is 1.25 bits per heavy atom. The molecule has 1 heterocycles. The van der Waals surface area contributed by atoms with Crippen LogP contribution < -0.4 is 10.9 Å². The van der Waals surface area contributed by atoms with E-state index >= 15 is 0 Å². The second-order valence-electron chi connectivity index (χ2n) is 3.61. The van der Waals surface area contributed by atoms with Crippen LogP contribution >= 0.6 is 0 Å². The lowest BCUT2D eigenvalue weighted by Gasteiger charge is -2.09. The van der Waals surface area contributed by atoms with Crippen LogP contribution in [0.2, 0.25) is 0 Å². The summed E-state index contributed by atoms with van der Waals surface area (Å²) in [5, 5.41) is 3.11. The third-order valence-electron chi connectivity index (χ3n) is 2.29. The second-order valence-corrected chi connectivity index (χ2v) is 3.61. The normalized spacial score (nSPS) is 10.1. The van der Waals surface area contributed by atoms with Gasteiger partial charge < -0.3 is 5.32 Å². The fourth-order valence-electron chi connectivity index (χ4n) is 1.42. The maximum atomic E-state index is 11.5. The van der Waals surface area contributed by atoms with Crippen LogP contribution in [-0.2, 0) is 7.05 Å². The lowest BCUT2D eigenvalue weighted by atomic mass is 10.3. The van der Waals surface area contributed by atoms with Crippen molar-refractivity contribution in [2.24, 2.45) is 7.05 Å². The summed E-state index contributed by atoms with van der Waals surface area (Å²) in [6.07, 6.45) is 0. The van der Waals surface area contributed by atoms with E-state index in [1.807, 2.05) is 30.3 Å². The summed E-state index contributed by atoms with van der Waals surface area (Å²) >= 11 is 0. The summed E-state index contributed by atoms with van der Waals surface area (Å²) in [4.78, 5) is 15.8. The number of para-hydroxylation sites is 1. The standard InChI is InChI=1S/C12H13N3O/c1-9-8-11(16)15(2)12(13-9)14-10-6-4-3-5-7-10/h3-8H,1-2H3,(H,13,14). The van der Waals surface area contributed by atoms with Gasteiger partial charge in [0, 0.05) is 24.5 Å². The lowest BCUT2D eigenvalue weighted by Crippen LogP contribution is -2.20. The topological polar surface area (TPSA) is 46.9 Å². The van der Waals surface area contributed by atoms with Crippen LogP contribution in [0.1, 0.15) is 5.69 Å². The van der Waals surface area contributed by atoms with Crippen LogP contribution in [0.4, 0.5) is 11.6 Å². The first-order valence-corrected chi connectivity index (χ1v) is 5.03. The molecule has 1 aromatic carbocycles. The van der Waals surface area contributed by atoms with Gasteiger partial charge in [-0.1, -0.05) is 18.2 Å². The van der Waals surface area contributed by atoms with Gasteiger partial charge >= 0.3 is 0 Å². The van der Waals surface area contributed by atoms with E-state index in [4.69, 9.17) is 0 Å². The SMILES string of the molecule is Cc1cc(=O)n(C)c(Nc2ccccc2)n1. The summed E-state index contributed by atoms with van der Waals surface area (Å²) in [6.45, 7) is 1.80. The molecule has 1 N–H and O–H groups in total. The average Bonchev–Trinajstić information content (AvgIpc) is 2.27. The highest BCUT2D eigenvalue weighted by Crippen LogP contribution is 2.11. The fraction of sp³-hybridized carbons (Fsp3) is 0.167. The van der Waals surface area contributed by atoms with Crippen LogP contribution in [0.15, 0.2) is 41.2 Å². The van der Waals surface area contributed by atoms with Crippen LogP contribution in [-0.4, -0.2) is 9.55 Å². The average molecular weight is 215 g/mol. The predicted octanol–water partition coefficient (Wildman–Crippen LogP) is 1.83. The molecule has 0 aliphatic rings. The minimum Gasteiger partial charge on any atom is -0.326 e. The van der Waals surface area contributed by atoms with Gasteiger partial charge in [-0.15, -0.1) is 0 Å². The van der Waals surface area contributed by atoms with Crippen LogP contribution in [0, 0.1) is 6.92 Å². The van der Waals surface area contributed by atoms with E-state index in [-0.39, 0.29) is 5.56 Å². The van der Waals surface area contributed by atoms with Crippen molar-refractivity contribution in [3.63, 3.8) is 0 Å². The van der Waals surface area contributed by atoms with Gasteiger partial charge in [0.05, 0.1) is 0 Å². The van der Waals surface area contributed by atoms with Crippen molar-refractivity contribution >= 4 is 11.6 Å². The molecule has 82 valence electrons. The summed E-state index contributed by atoms with van der Waals surface area (Å²) in [5.74, 6) is 0.552. The minimum absolute atomic E-state index is 0.0640. The Morgan fingerprint density at radius 3 is 2.62 bits per heavy atom. The highest BCUT2D eigenvalue weighted by molar-refractivity contribution is 5.52. The van der Waals surface area contributed by atoms with Gasteiger partial charge in [0.2, 0.25) is 5.95 Å². The van der Waals surface area contributed by atoms with Gasteiger partial charge in [0.15, 0.2) is 0 Å². The second kappa shape index (κ2) is 4.18. The van der Waals surface area contributed by atoms with Crippen molar-refractivity contribution < 1.29 is 0 Å². The number of hydrogen-bond acceptors (Lipinski definition) is 3. The molecule has 0 aliphatic carbocycles. The first kappa shape index (κ1) is 10.4. The third-order valence-corrected chi connectivity index (χ3v) is 2.29. The summed E-state index contributed by atoms with van der Waals surface area (Å²) in [5.41, 5.74) is 1.56. The quantitative estimate of drug-likeness (QED) is 0.831. The molecule has 0 fully saturated rings. The monoisotopic (exact) mass is 215 g/mol. The lowest BCUT2D eigenvalue weighted by molar-refractivity contribution is 0.828. The van der Waals surface area contributed by atoms with E-state index < -0.39 is 0 Å². The zero-order valence-electron chi connectivity index (χ0n) is 9.27. The number of nitrogens with zero attached hydrogens (tertiary/aromatic N) is 2. The number of benzene rings is 1. The Kier molecular flexibility index (Phi) is 2.72. The van der Waals surface area contributed by atoms with Crippen molar-refractivity contribution in [2.75, 3.05) is 5.32 Å². The number of aryl methyl sites for hydroxylation is 1. The van der Waals surface area contributed by atoms with Crippen LogP contribution in [0.3, 0.4) is 0 Å². The van der Waals surface area contributed by atoms with Crippen molar-refractivity contribution in [1.82, 2.24) is 9.55 Å². The first-order chi connectivity index (χ1) is 7.66. The summed E-state index contributed by atoms with van der Waals surface area (Å²) < 4.78 is 1.49. The molecule has 0 spiro atoms. The molecular formula is C12H13N3O. The maximum absolute atomic E-state index is 11.5. The maximum Gasteiger partial charge on any atom is 0.254 e. The van der Waals surface area contributed by atoms with E-state index in [2.05, 4.69) is 10.3 Å². The van der Waals surface area contributed by atoms with Crippen molar-refractivity contribution in [2.45, 2.75) is 6.92 Å². The smallest absolute Gasteiger partial charge is 0.254 e. The molecule has 2 aromatic rings. The first-order valence-electron chi connectivity index (χ1n) is 5.03. The highest BCUT2D eigenvalue weighted by Gasteiger charge is 2.02. The molecule has 0 saturated carbocycles. The molecule has 0 aliphatic heterocycles. The Bertz CT molecular complexity index is 546. The molecule has 0 unspecified atom stereocenters. The van der Waals surface area contributed by atoms with E-state index in [9.17, 15) is 4.79 Å². The predicted molar refractivity (Wildman–Crippen MR) is 63.9 cm³/mol. The molecular weight excluding hydrogens is 202 g/mol. The van der Waals surface area contributed by atoms with Crippen molar-refractivity contribution in [3.8, 4) is 0 Å². The Balaban J connectivity index is 2.39. The molecule has 0 atom stereocenters. The van der Waals surface area contributed by atoms with Crippen molar-refractivity contribution in [1.29, 1.82) is 0 Å². The van der Waals surface area contributed by atoms with Crippen molar-refractivity contribution in [3.05, 3.63) is 52.4 Å². The largest absolute Gasteiger partial charge is 0.326 e. The zero-order valence-corrected chi connectivity index (χ0v) is 9.27. The molecule has 16 heavy (non-hydrogen) atoms. The van der Waals surface area contributed by atoms with E-state index in [1.165, 1.54) is 10.6 Å². The minimum atomic E-state index is -0.0640. The van der Waals surface area contributed by atoms with Gasteiger partial charge in [-0.25, -0.2) is 4.98 Å². The Labute approximate surface area is 93.6 Å². The Hall–Kier alpha value is -2.10.